The molecule has 1 atom stereocenters. The number of anilines is 1. The highest BCUT2D eigenvalue weighted by molar-refractivity contribution is 5.96. The number of aryl methyl sites for hydroxylation is 1. The van der Waals surface area contributed by atoms with E-state index in [4.69, 9.17) is 5.73 Å². The zero-order valence-corrected chi connectivity index (χ0v) is 13.4. The van der Waals surface area contributed by atoms with Gasteiger partial charge in [-0.25, -0.2) is 0 Å². The molecule has 1 saturated heterocycles. The van der Waals surface area contributed by atoms with Crippen molar-refractivity contribution in [2.24, 2.45) is 0 Å². The largest absolute Gasteiger partial charge is 0.399 e. The summed E-state index contributed by atoms with van der Waals surface area (Å²) in [5.41, 5.74) is 7.97. The molecule has 5 heteroatoms. The first-order chi connectivity index (χ1) is 10.5. The standard InChI is InChI=1S/C17H25N3O2/c1-3-5-16(21)19-14-6-4-9-20(11-14)17(22)15-10-13(18)8-7-12(15)2/h7-8,10,14H,3-6,9,11,18H2,1-2H3,(H,19,21). The molecule has 1 aromatic carbocycles. The van der Waals surface area contributed by atoms with Gasteiger partial charge in [0.1, 0.15) is 0 Å². The summed E-state index contributed by atoms with van der Waals surface area (Å²) in [6.07, 6.45) is 3.21. The molecule has 0 aliphatic carbocycles. The van der Waals surface area contributed by atoms with E-state index in [-0.39, 0.29) is 17.9 Å². The van der Waals surface area contributed by atoms with Gasteiger partial charge in [-0.05, 0) is 43.9 Å². The normalized spacial score (nSPS) is 18.1. The van der Waals surface area contributed by atoms with E-state index in [1.54, 1.807) is 12.1 Å². The number of carbonyl (C=O) groups excluding carboxylic acids is 2. The molecule has 22 heavy (non-hydrogen) atoms. The Morgan fingerprint density at radius 1 is 1.41 bits per heavy atom. The van der Waals surface area contributed by atoms with E-state index in [9.17, 15) is 9.59 Å². The van der Waals surface area contributed by atoms with Crippen LogP contribution in [0.5, 0.6) is 0 Å². The van der Waals surface area contributed by atoms with Crippen LogP contribution in [-0.2, 0) is 4.79 Å². The van der Waals surface area contributed by atoms with Crippen LogP contribution < -0.4 is 11.1 Å². The molecule has 0 saturated carbocycles. The summed E-state index contributed by atoms with van der Waals surface area (Å²) in [7, 11) is 0. The van der Waals surface area contributed by atoms with Crippen molar-refractivity contribution in [2.45, 2.75) is 45.6 Å². The smallest absolute Gasteiger partial charge is 0.254 e. The Bertz CT molecular complexity index is 557. The zero-order valence-electron chi connectivity index (χ0n) is 13.4. The van der Waals surface area contributed by atoms with Gasteiger partial charge in [0.2, 0.25) is 5.91 Å². The van der Waals surface area contributed by atoms with Gasteiger partial charge in [-0.15, -0.1) is 0 Å². The van der Waals surface area contributed by atoms with Crippen LogP contribution in [0.4, 0.5) is 5.69 Å². The number of nitrogens with one attached hydrogen (secondary N) is 1. The first-order valence-electron chi connectivity index (χ1n) is 7.96. The highest BCUT2D eigenvalue weighted by Gasteiger charge is 2.26. The second kappa shape index (κ2) is 7.29. The maximum Gasteiger partial charge on any atom is 0.254 e. The summed E-state index contributed by atoms with van der Waals surface area (Å²) in [4.78, 5) is 26.2. The third-order valence-corrected chi connectivity index (χ3v) is 4.04. The van der Waals surface area contributed by atoms with Crippen LogP contribution in [0, 0.1) is 6.92 Å². The number of rotatable bonds is 4. The minimum Gasteiger partial charge on any atom is -0.399 e. The number of likely N-dealkylation sites (tertiary alicyclic amines) is 1. The molecule has 3 N–H and O–H groups in total. The molecule has 120 valence electrons. The topological polar surface area (TPSA) is 75.4 Å². The van der Waals surface area contributed by atoms with Gasteiger partial charge in [-0.1, -0.05) is 13.0 Å². The van der Waals surface area contributed by atoms with Crippen LogP contribution in [0.25, 0.3) is 0 Å². The minimum atomic E-state index is -0.000703. The predicted octanol–water partition coefficient (Wildman–Crippen LogP) is 2.10. The van der Waals surface area contributed by atoms with Crippen LogP contribution in [0.1, 0.15) is 48.5 Å². The summed E-state index contributed by atoms with van der Waals surface area (Å²) in [6.45, 7) is 5.20. The minimum absolute atomic E-state index is 0.000703. The van der Waals surface area contributed by atoms with E-state index in [2.05, 4.69) is 5.32 Å². The Morgan fingerprint density at radius 2 is 2.18 bits per heavy atom. The van der Waals surface area contributed by atoms with Gasteiger partial charge in [-0.2, -0.15) is 0 Å². The molecule has 0 aromatic heterocycles. The summed E-state index contributed by atoms with van der Waals surface area (Å²) in [5, 5.41) is 3.02. The van der Waals surface area contributed by atoms with Crippen LogP contribution in [0.15, 0.2) is 18.2 Å². The Hall–Kier alpha value is -2.04. The quantitative estimate of drug-likeness (QED) is 0.836. The van der Waals surface area contributed by atoms with Crippen LogP contribution in [0.3, 0.4) is 0 Å². The number of benzene rings is 1. The molecule has 2 amide bonds. The average Bonchev–Trinajstić information content (AvgIpc) is 2.49. The van der Waals surface area contributed by atoms with Crippen LogP contribution >= 0.6 is 0 Å². The Kier molecular flexibility index (Phi) is 5.41. The van der Waals surface area contributed by atoms with Crippen molar-refractivity contribution in [1.82, 2.24) is 10.2 Å². The fraction of sp³-hybridized carbons (Fsp3) is 0.529. The summed E-state index contributed by atoms with van der Waals surface area (Å²) < 4.78 is 0. The number of hydrogen-bond donors (Lipinski definition) is 2. The fourth-order valence-corrected chi connectivity index (χ4v) is 2.85. The van der Waals surface area contributed by atoms with Crippen molar-refractivity contribution in [1.29, 1.82) is 0 Å². The second-order valence-corrected chi connectivity index (χ2v) is 5.98. The van der Waals surface area contributed by atoms with E-state index in [1.165, 1.54) is 0 Å². The van der Waals surface area contributed by atoms with Crippen molar-refractivity contribution < 1.29 is 9.59 Å². The molecule has 5 nitrogen and oxygen atoms in total. The van der Waals surface area contributed by atoms with Crippen molar-refractivity contribution >= 4 is 17.5 Å². The van der Waals surface area contributed by atoms with Gasteiger partial charge in [0.05, 0.1) is 0 Å². The molecule has 0 radical (unpaired) electrons. The molecular formula is C17H25N3O2. The summed E-state index contributed by atoms with van der Waals surface area (Å²) >= 11 is 0. The third kappa shape index (κ3) is 4.00. The number of nitrogen functional groups attached to an aromatic ring is 1. The lowest BCUT2D eigenvalue weighted by Crippen LogP contribution is -2.49. The number of hydrogen-bond acceptors (Lipinski definition) is 3. The molecule has 1 fully saturated rings. The number of piperidine rings is 1. The fourth-order valence-electron chi connectivity index (χ4n) is 2.85. The van der Waals surface area contributed by atoms with E-state index < -0.39 is 0 Å². The van der Waals surface area contributed by atoms with E-state index in [0.717, 1.165) is 31.4 Å². The number of amides is 2. The van der Waals surface area contributed by atoms with Gasteiger partial charge >= 0.3 is 0 Å². The Morgan fingerprint density at radius 3 is 2.91 bits per heavy atom. The molecule has 1 aromatic rings. The van der Waals surface area contributed by atoms with Crippen molar-refractivity contribution in [3.63, 3.8) is 0 Å². The van der Waals surface area contributed by atoms with Gasteiger partial charge < -0.3 is 16.0 Å². The predicted molar refractivity (Wildman–Crippen MR) is 87.6 cm³/mol. The first-order valence-corrected chi connectivity index (χ1v) is 7.96. The first kappa shape index (κ1) is 16.3. The van der Waals surface area contributed by atoms with Crippen LogP contribution in [-0.4, -0.2) is 35.8 Å². The van der Waals surface area contributed by atoms with E-state index in [0.29, 0.717) is 24.2 Å². The van der Waals surface area contributed by atoms with E-state index in [1.807, 2.05) is 24.8 Å². The maximum absolute atomic E-state index is 12.7. The maximum atomic E-state index is 12.7. The third-order valence-electron chi connectivity index (χ3n) is 4.04. The summed E-state index contributed by atoms with van der Waals surface area (Å²) in [5.74, 6) is 0.0705. The highest BCUT2D eigenvalue weighted by Crippen LogP contribution is 2.18. The monoisotopic (exact) mass is 303 g/mol. The molecule has 1 aliphatic rings. The summed E-state index contributed by atoms with van der Waals surface area (Å²) in [6, 6.07) is 5.46. The molecule has 0 bridgehead atoms. The zero-order chi connectivity index (χ0) is 16.1. The molecule has 0 spiro atoms. The average molecular weight is 303 g/mol. The molecule has 2 rings (SSSR count). The lowest BCUT2D eigenvalue weighted by Gasteiger charge is -2.33. The second-order valence-electron chi connectivity index (χ2n) is 5.98. The molecular weight excluding hydrogens is 278 g/mol. The van der Waals surface area contributed by atoms with Crippen LogP contribution in [0.2, 0.25) is 0 Å². The number of carbonyl (C=O) groups is 2. The lowest BCUT2D eigenvalue weighted by molar-refractivity contribution is -0.122. The Balaban J connectivity index is 2.04. The van der Waals surface area contributed by atoms with Gasteiger partial charge in [0.15, 0.2) is 0 Å². The SMILES string of the molecule is CCCC(=O)NC1CCCN(C(=O)c2cc(N)ccc2C)C1. The van der Waals surface area contributed by atoms with Crippen molar-refractivity contribution in [3.05, 3.63) is 29.3 Å². The van der Waals surface area contributed by atoms with Gasteiger partial charge in [0, 0.05) is 36.8 Å². The Labute approximate surface area is 131 Å². The van der Waals surface area contributed by atoms with Crippen molar-refractivity contribution in [3.8, 4) is 0 Å². The molecule has 1 heterocycles. The lowest BCUT2D eigenvalue weighted by atomic mass is 10.0. The van der Waals surface area contributed by atoms with Crippen molar-refractivity contribution in [2.75, 3.05) is 18.8 Å². The van der Waals surface area contributed by atoms with Gasteiger partial charge in [-0.3, -0.25) is 9.59 Å². The number of nitrogens with two attached hydrogens (primary N) is 1. The van der Waals surface area contributed by atoms with E-state index >= 15 is 0 Å². The number of nitrogens with zero attached hydrogens (tertiary/aromatic N) is 1. The van der Waals surface area contributed by atoms with Gasteiger partial charge in [0.25, 0.3) is 5.91 Å². The molecule has 1 unspecified atom stereocenters. The highest BCUT2D eigenvalue weighted by atomic mass is 16.2. The molecule has 1 aliphatic heterocycles.